The Bertz CT molecular complexity index is 1000. The second-order valence-electron chi connectivity index (χ2n) is 6.40. The molecule has 3 rings (SSSR count). The molecular weight excluding hydrogens is 386 g/mol. The second kappa shape index (κ2) is 8.38. The number of pyridine rings is 2. The van der Waals surface area contributed by atoms with Crippen LogP contribution in [0.5, 0.6) is 0 Å². The maximum absolute atomic E-state index is 13.5. The van der Waals surface area contributed by atoms with Gasteiger partial charge < -0.3 is 5.32 Å². The first-order valence-corrected chi connectivity index (χ1v) is 8.70. The minimum Gasteiger partial charge on any atom is -0.340 e. The molecule has 0 unspecified atom stereocenters. The minimum atomic E-state index is -4.65. The van der Waals surface area contributed by atoms with Gasteiger partial charge in [0, 0.05) is 23.7 Å². The molecule has 0 saturated carbocycles. The molecule has 0 aliphatic heterocycles. The van der Waals surface area contributed by atoms with Gasteiger partial charge in [-0.3, -0.25) is 14.8 Å². The van der Waals surface area contributed by atoms with E-state index in [4.69, 9.17) is 0 Å². The molecular formula is C21H17F4N3O. The SMILES string of the molecule is Cc1cc(C(=O)N[C@@H](c2ccc(CF)cc2)c2ncccc2C(F)(F)F)ccn1. The van der Waals surface area contributed by atoms with E-state index < -0.39 is 30.4 Å². The zero-order valence-corrected chi connectivity index (χ0v) is 15.4. The quantitative estimate of drug-likeness (QED) is 0.623. The van der Waals surface area contributed by atoms with Gasteiger partial charge in [-0.1, -0.05) is 24.3 Å². The molecule has 0 spiro atoms. The van der Waals surface area contributed by atoms with Gasteiger partial charge >= 0.3 is 6.18 Å². The molecule has 0 radical (unpaired) electrons. The molecule has 1 amide bonds. The molecule has 0 saturated heterocycles. The summed E-state index contributed by atoms with van der Waals surface area (Å²) in [7, 11) is 0. The Balaban J connectivity index is 2.06. The maximum Gasteiger partial charge on any atom is 0.418 e. The summed E-state index contributed by atoms with van der Waals surface area (Å²) < 4.78 is 53.5. The molecule has 0 bridgehead atoms. The van der Waals surface area contributed by atoms with E-state index >= 15 is 0 Å². The molecule has 1 atom stereocenters. The lowest BCUT2D eigenvalue weighted by molar-refractivity contribution is -0.138. The summed E-state index contributed by atoms with van der Waals surface area (Å²) in [5, 5.41) is 2.62. The molecule has 150 valence electrons. The number of hydrogen-bond acceptors (Lipinski definition) is 3. The van der Waals surface area contributed by atoms with Crippen molar-refractivity contribution in [1.82, 2.24) is 15.3 Å². The van der Waals surface area contributed by atoms with Crippen LogP contribution >= 0.6 is 0 Å². The minimum absolute atomic E-state index is 0.257. The van der Waals surface area contributed by atoms with Crippen molar-refractivity contribution in [1.29, 1.82) is 0 Å². The summed E-state index contributed by atoms with van der Waals surface area (Å²) in [4.78, 5) is 20.6. The Labute approximate surface area is 164 Å². The van der Waals surface area contributed by atoms with Crippen molar-refractivity contribution in [2.45, 2.75) is 25.8 Å². The van der Waals surface area contributed by atoms with E-state index in [1.54, 1.807) is 6.92 Å². The van der Waals surface area contributed by atoms with Crippen molar-refractivity contribution < 1.29 is 22.4 Å². The van der Waals surface area contributed by atoms with Gasteiger partial charge in [-0.15, -0.1) is 0 Å². The van der Waals surface area contributed by atoms with Crippen molar-refractivity contribution in [3.63, 3.8) is 0 Å². The average Bonchev–Trinajstić information content (AvgIpc) is 2.71. The number of aryl methyl sites for hydroxylation is 1. The first-order valence-electron chi connectivity index (χ1n) is 8.70. The fraction of sp³-hybridized carbons (Fsp3) is 0.190. The molecule has 0 fully saturated rings. The predicted molar refractivity (Wildman–Crippen MR) is 98.8 cm³/mol. The maximum atomic E-state index is 13.5. The fourth-order valence-electron chi connectivity index (χ4n) is 2.90. The van der Waals surface area contributed by atoms with Gasteiger partial charge in [0.1, 0.15) is 6.67 Å². The topological polar surface area (TPSA) is 54.9 Å². The number of hydrogen-bond donors (Lipinski definition) is 1. The van der Waals surface area contributed by atoms with Crippen LogP contribution in [0.1, 0.15) is 44.5 Å². The van der Waals surface area contributed by atoms with Crippen molar-refractivity contribution in [2.75, 3.05) is 0 Å². The van der Waals surface area contributed by atoms with Crippen LogP contribution in [-0.2, 0) is 12.9 Å². The van der Waals surface area contributed by atoms with E-state index in [9.17, 15) is 22.4 Å². The van der Waals surface area contributed by atoms with Gasteiger partial charge in [-0.05, 0) is 42.3 Å². The highest BCUT2D eigenvalue weighted by atomic mass is 19.4. The Kier molecular flexibility index (Phi) is 5.91. The Morgan fingerprint density at radius 2 is 1.79 bits per heavy atom. The fourth-order valence-corrected chi connectivity index (χ4v) is 2.90. The lowest BCUT2D eigenvalue weighted by Crippen LogP contribution is -2.31. The summed E-state index contributed by atoms with van der Waals surface area (Å²) in [6.45, 7) is 0.995. The van der Waals surface area contributed by atoms with Crippen molar-refractivity contribution in [3.8, 4) is 0 Å². The lowest BCUT2D eigenvalue weighted by atomic mass is 9.97. The van der Waals surface area contributed by atoms with E-state index in [-0.39, 0.29) is 11.3 Å². The van der Waals surface area contributed by atoms with Crippen LogP contribution in [0, 0.1) is 6.92 Å². The van der Waals surface area contributed by atoms with Crippen LogP contribution in [0.15, 0.2) is 60.9 Å². The number of alkyl halides is 4. The van der Waals surface area contributed by atoms with E-state index in [0.29, 0.717) is 16.8 Å². The van der Waals surface area contributed by atoms with Crippen molar-refractivity contribution in [3.05, 3.63) is 94.6 Å². The van der Waals surface area contributed by atoms with Gasteiger partial charge in [-0.25, -0.2) is 4.39 Å². The average molecular weight is 403 g/mol. The van der Waals surface area contributed by atoms with Gasteiger partial charge in [0.05, 0.1) is 17.3 Å². The molecule has 1 N–H and O–H groups in total. The van der Waals surface area contributed by atoms with Crippen LogP contribution in [0.2, 0.25) is 0 Å². The summed E-state index contributed by atoms with van der Waals surface area (Å²) in [5.74, 6) is -0.575. The summed E-state index contributed by atoms with van der Waals surface area (Å²) in [6.07, 6.45) is -1.98. The van der Waals surface area contributed by atoms with E-state index in [0.717, 1.165) is 6.07 Å². The zero-order valence-electron chi connectivity index (χ0n) is 15.4. The third-order valence-electron chi connectivity index (χ3n) is 4.32. The molecule has 0 aliphatic rings. The van der Waals surface area contributed by atoms with Crippen molar-refractivity contribution in [2.24, 2.45) is 0 Å². The Morgan fingerprint density at radius 1 is 1.07 bits per heavy atom. The number of carbonyl (C=O) groups is 1. The van der Waals surface area contributed by atoms with Crippen LogP contribution < -0.4 is 5.32 Å². The summed E-state index contributed by atoms with van der Waals surface area (Å²) in [6, 6.07) is 9.79. The third kappa shape index (κ3) is 4.77. The number of rotatable bonds is 5. The number of nitrogens with zero attached hydrogens (tertiary/aromatic N) is 2. The summed E-state index contributed by atoms with van der Waals surface area (Å²) in [5.41, 5.74) is 0.284. The van der Waals surface area contributed by atoms with E-state index in [1.807, 2.05) is 0 Å². The molecule has 2 aromatic heterocycles. The van der Waals surface area contributed by atoms with Crippen LogP contribution in [0.4, 0.5) is 17.6 Å². The van der Waals surface area contributed by atoms with Crippen LogP contribution in [0.3, 0.4) is 0 Å². The molecule has 3 aromatic rings. The highest BCUT2D eigenvalue weighted by molar-refractivity contribution is 5.94. The molecule has 0 aliphatic carbocycles. The monoisotopic (exact) mass is 403 g/mol. The number of carbonyl (C=O) groups excluding carboxylic acids is 1. The van der Waals surface area contributed by atoms with Gasteiger partial charge in [-0.2, -0.15) is 13.2 Å². The molecule has 29 heavy (non-hydrogen) atoms. The number of amides is 1. The largest absolute Gasteiger partial charge is 0.418 e. The standard InChI is InChI=1S/C21H17F4N3O/c1-13-11-16(8-10-26-13)20(29)28-18(15-6-4-14(12-22)5-7-15)19-17(21(23,24)25)3-2-9-27-19/h2-11,18H,12H2,1H3,(H,28,29)/t18-/m0/s1. The number of nitrogens with one attached hydrogen (secondary N) is 1. The number of benzene rings is 1. The molecule has 8 heteroatoms. The number of aromatic nitrogens is 2. The normalized spacial score (nSPS) is 12.4. The van der Waals surface area contributed by atoms with Gasteiger partial charge in [0.25, 0.3) is 5.91 Å². The van der Waals surface area contributed by atoms with Gasteiger partial charge in [0.2, 0.25) is 0 Å². The smallest absolute Gasteiger partial charge is 0.340 e. The number of halogens is 4. The summed E-state index contributed by atoms with van der Waals surface area (Å²) >= 11 is 0. The highest BCUT2D eigenvalue weighted by Crippen LogP contribution is 2.35. The van der Waals surface area contributed by atoms with E-state index in [2.05, 4.69) is 15.3 Å². The first kappa shape index (κ1) is 20.4. The van der Waals surface area contributed by atoms with Crippen LogP contribution in [-0.4, -0.2) is 15.9 Å². The third-order valence-corrected chi connectivity index (χ3v) is 4.32. The molecule has 2 heterocycles. The van der Waals surface area contributed by atoms with E-state index in [1.165, 1.54) is 54.9 Å². The second-order valence-corrected chi connectivity index (χ2v) is 6.40. The Morgan fingerprint density at radius 3 is 2.41 bits per heavy atom. The zero-order chi connectivity index (χ0) is 21.0. The van der Waals surface area contributed by atoms with Crippen molar-refractivity contribution >= 4 is 5.91 Å². The lowest BCUT2D eigenvalue weighted by Gasteiger charge is -2.22. The predicted octanol–water partition coefficient (Wildman–Crippen LogP) is 4.79. The molecule has 1 aromatic carbocycles. The Hall–Kier alpha value is -3.29. The highest BCUT2D eigenvalue weighted by Gasteiger charge is 2.37. The van der Waals surface area contributed by atoms with Gasteiger partial charge in [0.15, 0.2) is 0 Å². The molecule has 4 nitrogen and oxygen atoms in total. The van der Waals surface area contributed by atoms with Crippen LogP contribution in [0.25, 0.3) is 0 Å². The first-order chi connectivity index (χ1) is 13.8.